The van der Waals surface area contributed by atoms with Gasteiger partial charge in [-0.15, -0.1) is 4.83 Å². The number of amides is 1. The lowest BCUT2D eigenvalue weighted by atomic mass is 10.2. The van der Waals surface area contributed by atoms with Crippen molar-refractivity contribution in [3.63, 3.8) is 0 Å². The summed E-state index contributed by atoms with van der Waals surface area (Å²) in [6.45, 7) is 1.73. The van der Waals surface area contributed by atoms with Crippen molar-refractivity contribution in [3.05, 3.63) is 59.1 Å². The molecule has 8 heteroatoms. The van der Waals surface area contributed by atoms with Gasteiger partial charge in [0.2, 0.25) is 0 Å². The molecule has 0 saturated carbocycles. The average molecular weight is 369 g/mol. The average Bonchev–Trinajstić information content (AvgIpc) is 2.59. The highest BCUT2D eigenvalue weighted by atomic mass is 35.5. The van der Waals surface area contributed by atoms with E-state index in [0.717, 1.165) is 12.0 Å². The quantitative estimate of drug-likeness (QED) is 0.734. The van der Waals surface area contributed by atoms with Crippen LogP contribution in [-0.2, 0) is 21.2 Å². The van der Waals surface area contributed by atoms with E-state index in [2.05, 4.69) is 5.43 Å². The Hall–Kier alpha value is -2.09. The molecule has 0 aliphatic rings. The van der Waals surface area contributed by atoms with E-state index in [9.17, 15) is 13.2 Å². The van der Waals surface area contributed by atoms with E-state index >= 15 is 0 Å². The molecule has 2 N–H and O–H groups in total. The first kappa shape index (κ1) is 18.3. The maximum Gasteiger partial charge on any atom is 0.272 e. The molecule has 0 aromatic heterocycles. The normalized spacial score (nSPS) is 11.1. The van der Waals surface area contributed by atoms with Crippen LogP contribution < -0.4 is 15.0 Å². The second kappa shape index (κ2) is 8.14. The minimum Gasteiger partial charge on any atom is -0.484 e. The number of carbonyl (C=O) groups is 1. The molecule has 128 valence electrons. The summed E-state index contributed by atoms with van der Waals surface area (Å²) in [5.74, 6) is -0.0879. The molecule has 0 heterocycles. The number of nitrogens with one attached hydrogen (secondary N) is 2. The number of hydrazine groups is 1. The van der Waals surface area contributed by atoms with E-state index in [1.807, 2.05) is 23.9 Å². The molecule has 0 atom stereocenters. The number of hydrogen-bond donors (Lipinski definition) is 2. The van der Waals surface area contributed by atoms with Crippen LogP contribution in [-0.4, -0.2) is 20.9 Å². The van der Waals surface area contributed by atoms with Gasteiger partial charge in [-0.25, -0.2) is 8.42 Å². The predicted octanol–water partition coefficient (Wildman–Crippen LogP) is 2.29. The van der Waals surface area contributed by atoms with Gasteiger partial charge in [-0.3, -0.25) is 10.2 Å². The summed E-state index contributed by atoms with van der Waals surface area (Å²) < 4.78 is 29.3. The predicted molar refractivity (Wildman–Crippen MR) is 91.2 cm³/mol. The number of aryl methyl sites for hydroxylation is 1. The molecule has 0 aliphatic heterocycles. The van der Waals surface area contributed by atoms with Gasteiger partial charge in [0.1, 0.15) is 5.75 Å². The van der Waals surface area contributed by atoms with Crippen molar-refractivity contribution in [2.75, 3.05) is 6.61 Å². The van der Waals surface area contributed by atoms with Crippen LogP contribution in [0.3, 0.4) is 0 Å². The lowest BCUT2D eigenvalue weighted by Crippen LogP contribution is -2.43. The van der Waals surface area contributed by atoms with E-state index < -0.39 is 15.9 Å². The fourth-order valence-electron chi connectivity index (χ4n) is 1.80. The molecule has 1 amide bonds. The van der Waals surface area contributed by atoms with Gasteiger partial charge in [0.15, 0.2) is 6.61 Å². The second-order valence-corrected chi connectivity index (χ2v) is 7.01. The highest BCUT2D eigenvalue weighted by molar-refractivity contribution is 7.89. The number of rotatable bonds is 7. The minimum absolute atomic E-state index is 0.0109. The molecule has 6 nitrogen and oxygen atoms in total. The molecule has 2 rings (SSSR count). The zero-order valence-corrected chi connectivity index (χ0v) is 14.5. The Morgan fingerprint density at radius 2 is 1.71 bits per heavy atom. The van der Waals surface area contributed by atoms with E-state index in [4.69, 9.17) is 16.3 Å². The fraction of sp³-hybridized carbons (Fsp3) is 0.188. The molecular weight excluding hydrogens is 352 g/mol. The molecule has 0 radical (unpaired) electrons. The molecule has 0 bridgehead atoms. The Labute approximate surface area is 145 Å². The van der Waals surface area contributed by atoms with Crippen LogP contribution in [0.4, 0.5) is 0 Å². The smallest absolute Gasteiger partial charge is 0.272 e. The van der Waals surface area contributed by atoms with E-state index in [1.165, 1.54) is 24.3 Å². The minimum atomic E-state index is -3.86. The van der Waals surface area contributed by atoms with E-state index in [0.29, 0.717) is 10.8 Å². The summed E-state index contributed by atoms with van der Waals surface area (Å²) in [6, 6.07) is 12.9. The maximum absolute atomic E-state index is 12.0. The van der Waals surface area contributed by atoms with E-state index in [1.54, 1.807) is 12.1 Å². The second-order valence-electron chi connectivity index (χ2n) is 4.89. The Bertz CT molecular complexity index is 790. The third-order valence-electron chi connectivity index (χ3n) is 3.15. The Balaban J connectivity index is 1.84. The van der Waals surface area contributed by atoms with Crippen molar-refractivity contribution in [2.24, 2.45) is 0 Å². The van der Waals surface area contributed by atoms with Gasteiger partial charge in [0.25, 0.3) is 15.9 Å². The first-order valence-electron chi connectivity index (χ1n) is 7.18. The molecule has 24 heavy (non-hydrogen) atoms. The first-order chi connectivity index (χ1) is 11.4. The van der Waals surface area contributed by atoms with Gasteiger partial charge in [-0.05, 0) is 48.4 Å². The number of carbonyl (C=O) groups excluding carboxylic acids is 1. The number of benzene rings is 2. The zero-order valence-electron chi connectivity index (χ0n) is 13.0. The standard InChI is InChI=1S/C16H17ClN2O4S/c1-2-12-3-7-14(8-4-12)23-11-16(20)18-19-24(21,22)15-9-5-13(17)6-10-15/h3-10,19H,2,11H2,1H3,(H,18,20). The number of hydrogen-bond acceptors (Lipinski definition) is 4. The third-order valence-corrected chi connectivity index (χ3v) is 4.67. The Morgan fingerprint density at radius 1 is 1.08 bits per heavy atom. The van der Waals surface area contributed by atoms with Crippen LogP contribution in [0, 0.1) is 0 Å². The summed E-state index contributed by atoms with van der Waals surface area (Å²) >= 11 is 5.71. The molecule has 0 spiro atoms. The lowest BCUT2D eigenvalue weighted by Gasteiger charge is -2.10. The monoisotopic (exact) mass is 368 g/mol. The Morgan fingerprint density at radius 3 is 2.29 bits per heavy atom. The van der Waals surface area contributed by atoms with Crippen molar-refractivity contribution in [3.8, 4) is 5.75 Å². The van der Waals surface area contributed by atoms with Crippen LogP contribution in [0.15, 0.2) is 53.4 Å². The maximum atomic E-state index is 12.0. The molecule has 2 aromatic carbocycles. The molecule has 0 aliphatic carbocycles. The third kappa shape index (κ3) is 5.23. The van der Waals surface area contributed by atoms with Crippen molar-refractivity contribution in [1.29, 1.82) is 0 Å². The highest BCUT2D eigenvalue weighted by Gasteiger charge is 2.15. The van der Waals surface area contributed by atoms with Crippen LogP contribution in [0.25, 0.3) is 0 Å². The molecule has 0 fully saturated rings. The summed E-state index contributed by atoms with van der Waals surface area (Å²) in [4.78, 5) is 13.7. The summed E-state index contributed by atoms with van der Waals surface area (Å²) in [6.07, 6.45) is 0.910. The largest absolute Gasteiger partial charge is 0.484 e. The van der Waals surface area contributed by atoms with Crippen LogP contribution >= 0.6 is 11.6 Å². The zero-order chi connectivity index (χ0) is 17.6. The number of sulfonamides is 1. The van der Waals surface area contributed by atoms with Gasteiger partial charge in [-0.2, -0.15) is 0 Å². The van der Waals surface area contributed by atoms with E-state index in [-0.39, 0.29) is 11.5 Å². The summed E-state index contributed by atoms with van der Waals surface area (Å²) in [5, 5.41) is 0.417. The number of halogens is 1. The highest BCUT2D eigenvalue weighted by Crippen LogP contribution is 2.14. The van der Waals surface area contributed by atoms with Crippen molar-refractivity contribution >= 4 is 27.5 Å². The fourth-order valence-corrected chi connectivity index (χ4v) is 2.79. The van der Waals surface area contributed by atoms with Gasteiger partial charge >= 0.3 is 0 Å². The van der Waals surface area contributed by atoms with Crippen LogP contribution in [0.2, 0.25) is 5.02 Å². The van der Waals surface area contributed by atoms with Gasteiger partial charge < -0.3 is 4.74 Å². The summed E-state index contributed by atoms with van der Waals surface area (Å²) in [7, 11) is -3.86. The molecule has 0 unspecified atom stereocenters. The van der Waals surface area contributed by atoms with Gasteiger partial charge in [0.05, 0.1) is 4.90 Å². The SMILES string of the molecule is CCc1ccc(OCC(=O)NNS(=O)(=O)c2ccc(Cl)cc2)cc1. The molecule has 2 aromatic rings. The van der Waals surface area contributed by atoms with Crippen molar-refractivity contribution in [2.45, 2.75) is 18.2 Å². The first-order valence-corrected chi connectivity index (χ1v) is 9.05. The summed E-state index contributed by atoms with van der Waals surface area (Å²) in [5.41, 5.74) is 3.25. The number of ether oxygens (including phenoxy) is 1. The lowest BCUT2D eigenvalue weighted by molar-refractivity contribution is -0.123. The van der Waals surface area contributed by atoms with Crippen molar-refractivity contribution in [1.82, 2.24) is 10.3 Å². The van der Waals surface area contributed by atoms with Gasteiger partial charge in [-0.1, -0.05) is 30.7 Å². The topological polar surface area (TPSA) is 84.5 Å². The molecule has 0 saturated heterocycles. The van der Waals surface area contributed by atoms with Crippen LogP contribution in [0.1, 0.15) is 12.5 Å². The van der Waals surface area contributed by atoms with Gasteiger partial charge in [0, 0.05) is 5.02 Å². The Kier molecular flexibility index (Phi) is 6.19. The molecular formula is C16H17ClN2O4S. The van der Waals surface area contributed by atoms with Crippen LogP contribution in [0.5, 0.6) is 5.75 Å². The van der Waals surface area contributed by atoms with Crippen molar-refractivity contribution < 1.29 is 17.9 Å².